The van der Waals surface area contributed by atoms with Gasteiger partial charge in [-0.3, -0.25) is 0 Å². The zero-order valence-electron chi connectivity index (χ0n) is 10.4. The zero-order chi connectivity index (χ0) is 12.5. The molecule has 1 saturated heterocycles. The van der Waals surface area contributed by atoms with Crippen LogP contribution in [0, 0.1) is 12.8 Å². The molecule has 8 heteroatoms. The van der Waals surface area contributed by atoms with E-state index in [0.29, 0.717) is 23.2 Å². The summed E-state index contributed by atoms with van der Waals surface area (Å²) in [5.41, 5.74) is 0. The molecular formula is C10H18ClN3O2S2. The van der Waals surface area contributed by atoms with Crippen molar-refractivity contribution in [2.45, 2.75) is 17.6 Å². The minimum atomic E-state index is -3.31. The Kier molecular flexibility index (Phi) is 5.54. The quantitative estimate of drug-likeness (QED) is 0.904. The molecule has 2 heterocycles. The number of nitrogens with one attached hydrogen (secondary N) is 1. The maximum absolute atomic E-state index is 12.3. The first kappa shape index (κ1) is 15.8. The van der Waals surface area contributed by atoms with Gasteiger partial charge in [-0.15, -0.1) is 23.7 Å². The zero-order valence-corrected chi connectivity index (χ0v) is 12.9. The van der Waals surface area contributed by atoms with E-state index in [9.17, 15) is 8.42 Å². The van der Waals surface area contributed by atoms with Crippen molar-refractivity contribution >= 4 is 33.8 Å². The number of nitrogens with zero attached hydrogens (tertiary/aromatic N) is 2. The average molecular weight is 312 g/mol. The maximum atomic E-state index is 12.3. The molecular weight excluding hydrogens is 294 g/mol. The summed E-state index contributed by atoms with van der Waals surface area (Å²) in [5, 5.41) is 3.88. The molecule has 1 unspecified atom stereocenters. The van der Waals surface area contributed by atoms with E-state index in [2.05, 4.69) is 10.3 Å². The Morgan fingerprint density at radius 2 is 2.33 bits per heavy atom. The van der Waals surface area contributed by atoms with E-state index in [-0.39, 0.29) is 12.4 Å². The predicted octanol–water partition coefficient (Wildman–Crippen LogP) is 1.10. The predicted molar refractivity (Wildman–Crippen MR) is 74.9 cm³/mol. The van der Waals surface area contributed by atoms with Crippen LogP contribution in [0.3, 0.4) is 0 Å². The fourth-order valence-corrected chi connectivity index (χ4v) is 4.85. The third-order valence-electron chi connectivity index (χ3n) is 2.94. The summed E-state index contributed by atoms with van der Waals surface area (Å²) in [4.78, 5) is 4.01. The summed E-state index contributed by atoms with van der Waals surface area (Å²) < 4.78 is 26.5. The fraction of sp³-hybridized carbons (Fsp3) is 0.700. The molecule has 0 spiro atoms. The minimum absolute atomic E-state index is 0. The third-order valence-corrected chi connectivity index (χ3v) is 6.15. The summed E-state index contributed by atoms with van der Waals surface area (Å²) in [6, 6.07) is 0. The van der Waals surface area contributed by atoms with E-state index >= 15 is 0 Å². The van der Waals surface area contributed by atoms with Gasteiger partial charge in [0.2, 0.25) is 0 Å². The molecule has 0 aliphatic carbocycles. The smallest absolute Gasteiger partial charge is 0.254 e. The Hall–Kier alpha value is -0.210. The van der Waals surface area contributed by atoms with Gasteiger partial charge in [-0.25, -0.2) is 13.4 Å². The lowest BCUT2D eigenvalue weighted by atomic mass is 10.1. The molecule has 104 valence electrons. The van der Waals surface area contributed by atoms with Crippen molar-refractivity contribution in [2.24, 2.45) is 5.92 Å². The molecule has 1 aliphatic rings. The minimum Gasteiger partial charge on any atom is -0.319 e. The van der Waals surface area contributed by atoms with Crippen LogP contribution in [0.1, 0.15) is 11.4 Å². The van der Waals surface area contributed by atoms with Crippen molar-refractivity contribution in [1.29, 1.82) is 0 Å². The SMILES string of the molecule is CNCC1CCN(S(=O)(=O)c2cnc(C)s2)C1.Cl. The van der Waals surface area contributed by atoms with Gasteiger partial charge in [0.25, 0.3) is 10.0 Å². The van der Waals surface area contributed by atoms with E-state index in [1.54, 1.807) is 4.31 Å². The second-order valence-electron chi connectivity index (χ2n) is 4.27. The molecule has 0 bridgehead atoms. The highest BCUT2D eigenvalue weighted by molar-refractivity contribution is 7.91. The Bertz CT molecular complexity index is 489. The second-order valence-corrected chi connectivity index (χ2v) is 7.67. The largest absolute Gasteiger partial charge is 0.319 e. The molecule has 0 radical (unpaired) electrons. The van der Waals surface area contributed by atoms with E-state index in [0.717, 1.165) is 18.0 Å². The Balaban J connectivity index is 0.00000162. The van der Waals surface area contributed by atoms with E-state index in [1.807, 2.05) is 14.0 Å². The number of halogens is 1. The molecule has 2 rings (SSSR count). The highest BCUT2D eigenvalue weighted by Gasteiger charge is 2.33. The van der Waals surface area contributed by atoms with E-state index < -0.39 is 10.0 Å². The van der Waals surface area contributed by atoms with Crippen molar-refractivity contribution in [3.63, 3.8) is 0 Å². The molecule has 18 heavy (non-hydrogen) atoms. The van der Waals surface area contributed by atoms with E-state index in [1.165, 1.54) is 17.5 Å². The molecule has 1 atom stereocenters. The number of sulfonamides is 1. The van der Waals surface area contributed by atoms with E-state index in [4.69, 9.17) is 0 Å². The topological polar surface area (TPSA) is 62.3 Å². The van der Waals surface area contributed by atoms with Crippen molar-refractivity contribution in [3.05, 3.63) is 11.2 Å². The number of hydrogen-bond donors (Lipinski definition) is 1. The molecule has 5 nitrogen and oxygen atoms in total. The van der Waals surface area contributed by atoms with Gasteiger partial charge in [0, 0.05) is 13.1 Å². The van der Waals surface area contributed by atoms with Crippen LogP contribution in [0.15, 0.2) is 10.4 Å². The van der Waals surface area contributed by atoms with Gasteiger partial charge < -0.3 is 5.32 Å². The summed E-state index contributed by atoms with van der Waals surface area (Å²) in [6.45, 7) is 3.91. The highest BCUT2D eigenvalue weighted by atomic mass is 35.5. The van der Waals surface area contributed by atoms with Gasteiger partial charge in [-0.1, -0.05) is 0 Å². The first-order valence-corrected chi connectivity index (χ1v) is 7.87. The Morgan fingerprint density at radius 1 is 1.61 bits per heavy atom. The summed E-state index contributed by atoms with van der Waals surface area (Å²) in [7, 11) is -1.41. The van der Waals surface area contributed by atoms with Crippen LogP contribution in [-0.2, 0) is 10.0 Å². The van der Waals surface area contributed by atoms with Gasteiger partial charge in [-0.05, 0) is 32.9 Å². The molecule has 1 fully saturated rings. The first-order valence-electron chi connectivity index (χ1n) is 5.61. The second kappa shape index (κ2) is 6.29. The van der Waals surface area contributed by atoms with Crippen LogP contribution < -0.4 is 5.32 Å². The Labute approximate surface area is 118 Å². The lowest BCUT2D eigenvalue weighted by Gasteiger charge is -2.14. The van der Waals surface area contributed by atoms with Crippen molar-refractivity contribution in [1.82, 2.24) is 14.6 Å². The summed E-state index contributed by atoms with van der Waals surface area (Å²) >= 11 is 1.24. The van der Waals surface area contributed by atoms with Crippen molar-refractivity contribution in [3.8, 4) is 0 Å². The number of hydrogen-bond acceptors (Lipinski definition) is 5. The van der Waals surface area contributed by atoms with Crippen LogP contribution in [0.5, 0.6) is 0 Å². The van der Waals surface area contributed by atoms with Crippen LogP contribution in [0.4, 0.5) is 0 Å². The molecule has 0 saturated carbocycles. The summed E-state index contributed by atoms with van der Waals surface area (Å²) in [6.07, 6.45) is 2.39. The molecule has 0 amide bonds. The lowest BCUT2D eigenvalue weighted by molar-refractivity contribution is 0.452. The van der Waals surface area contributed by atoms with Crippen LogP contribution in [0.25, 0.3) is 0 Å². The van der Waals surface area contributed by atoms with Gasteiger partial charge >= 0.3 is 0 Å². The number of aromatic nitrogens is 1. The monoisotopic (exact) mass is 311 g/mol. The molecule has 1 aromatic rings. The van der Waals surface area contributed by atoms with Crippen LogP contribution >= 0.6 is 23.7 Å². The average Bonchev–Trinajstić information content (AvgIpc) is 2.88. The van der Waals surface area contributed by atoms with Crippen LogP contribution in [-0.4, -0.2) is 44.4 Å². The van der Waals surface area contributed by atoms with Crippen molar-refractivity contribution < 1.29 is 8.42 Å². The molecule has 0 aromatic carbocycles. The molecule has 1 aliphatic heterocycles. The van der Waals surface area contributed by atoms with Gasteiger partial charge in [0.15, 0.2) is 4.21 Å². The summed E-state index contributed by atoms with van der Waals surface area (Å²) in [5.74, 6) is 0.420. The van der Waals surface area contributed by atoms with Gasteiger partial charge in [0.1, 0.15) is 0 Å². The highest BCUT2D eigenvalue weighted by Crippen LogP contribution is 2.27. The molecule has 1 aromatic heterocycles. The fourth-order valence-electron chi connectivity index (χ4n) is 2.06. The third kappa shape index (κ3) is 3.21. The first-order chi connectivity index (χ1) is 8.04. The van der Waals surface area contributed by atoms with Gasteiger partial charge in [-0.2, -0.15) is 4.31 Å². The van der Waals surface area contributed by atoms with Gasteiger partial charge in [0.05, 0.1) is 11.2 Å². The number of aryl methyl sites for hydroxylation is 1. The van der Waals surface area contributed by atoms with Crippen LogP contribution in [0.2, 0.25) is 0 Å². The number of rotatable bonds is 4. The Morgan fingerprint density at radius 3 is 2.89 bits per heavy atom. The lowest BCUT2D eigenvalue weighted by Crippen LogP contribution is -2.30. The number of thiazole rings is 1. The normalized spacial score (nSPS) is 20.9. The molecule has 1 N–H and O–H groups in total. The standard InChI is InChI=1S/C10H17N3O2S2.ClH/c1-8-12-6-10(16-8)17(14,15)13-4-3-9(7-13)5-11-2;/h6,9,11H,3-5,7H2,1-2H3;1H. The van der Waals surface area contributed by atoms with Crippen molar-refractivity contribution in [2.75, 3.05) is 26.7 Å². The maximum Gasteiger partial charge on any atom is 0.254 e.